The van der Waals surface area contributed by atoms with Gasteiger partial charge in [0.15, 0.2) is 0 Å². The van der Waals surface area contributed by atoms with Crippen molar-refractivity contribution < 1.29 is 14.1 Å². The third-order valence-electron chi connectivity index (χ3n) is 5.80. The fourth-order valence-electron chi connectivity index (χ4n) is 4.18. The van der Waals surface area contributed by atoms with E-state index in [1.807, 2.05) is 56.8 Å². The van der Waals surface area contributed by atoms with E-state index >= 15 is 0 Å². The molecule has 0 unspecified atom stereocenters. The normalized spacial score (nSPS) is 12.8. The summed E-state index contributed by atoms with van der Waals surface area (Å²) in [6, 6.07) is 14.1. The molecule has 4 rings (SSSR count). The minimum absolute atomic E-state index is 0.198. The summed E-state index contributed by atoms with van der Waals surface area (Å²) >= 11 is 0. The first-order valence-corrected chi connectivity index (χ1v) is 12.0. The van der Waals surface area contributed by atoms with Gasteiger partial charge in [-0.2, -0.15) is 10.2 Å². The summed E-state index contributed by atoms with van der Waals surface area (Å²) in [7, 11) is 3.80. The number of nitrogens with zero attached hydrogens (tertiary/aromatic N) is 5. The highest BCUT2D eigenvalue weighted by atomic mass is 16.6. The second-order valence-electron chi connectivity index (χ2n) is 10.0. The predicted octanol–water partition coefficient (Wildman–Crippen LogP) is 4.19. The van der Waals surface area contributed by atoms with Crippen LogP contribution < -0.4 is 15.1 Å². The number of aromatic nitrogens is 2. The number of esters is 1. The van der Waals surface area contributed by atoms with Crippen LogP contribution in [0.5, 0.6) is 0 Å². The number of fused-ring (bicyclic) bond motifs is 1. The first-order valence-electron chi connectivity index (χ1n) is 12.0. The molecule has 1 aromatic heterocycles. The van der Waals surface area contributed by atoms with Gasteiger partial charge in [0, 0.05) is 45.0 Å². The van der Waals surface area contributed by atoms with Gasteiger partial charge in [0.2, 0.25) is 0 Å². The summed E-state index contributed by atoms with van der Waals surface area (Å²) in [4.78, 5) is 20.4. The first kappa shape index (κ1) is 25.2. The summed E-state index contributed by atoms with van der Waals surface area (Å²) in [6.45, 7) is 7.60. The smallest absolute Gasteiger partial charge is 0.307 e. The molecule has 0 atom stereocenters. The van der Waals surface area contributed by atoms with Crippen molar-refractivity contribution in [3.8, 4) is 17.5 Å². The molecule has 188 valence electrons. The van der Waals surface area contributed by atoms with E-state index in [4.69, 9.17) is 9.26 Å². The molecule has 0 amide bonds. The molecule has 0 spiro atoms. The molecule has 0 bridgehead atoms. The van der Waals surface area contributed by atoms with Gasteiger partial charge in [-0.1, -0.05) is 12.1 Å². The fourth-order valence-corrected chi connectivity index (χ4v) is 4.18. The lowest BCUT2D eigenvalue weighted by atomic mass is 10.1. The topological polar surface area (TPSA) is 108 Å². The van der Waals surface area contributed by atoms with E-state index in [1.54, 1.807) is 6.07 Å². The molecule has 3 aromatic rings. The number of ether oxygens (including phenoxy) is 1. The third-order valence-corrected chi connectivity index (χ3v) is 5.80. The van der Waals surface area contributed by atoms with Crippen LogP contribution in [-0.2, 0) is 22.5 Å². The van der Waals surface area contributed by atoms with E-state index in [-0.39, 0.29) is 5.97 Å². The van der Waals surface area contributed by atoms with E-state index in [0.717, 1.165) is 29.9 Å². The highest BCUT2D eigenvalue weighted by Gasteiger charge is 2.25. The number of hydrogen-bond acceptors (Lipinski definition) is 9. The highest BCUT2D eigenvalue weighted by molar-refractivity contribution is 5.71. The number of carbonyl (C=O) groups excluding carboxylic acids is 1. The van der Waals surface area contributed by atoms with E-state index in [0.29, 0.717) is 42.5 Å². The van der Waals surface area contributed by atoms with Crippen LogP contribution in [0.2, 0.25) is 0 Å². The second-order valence-corrected chi connectivity index (χ2v) is 10.0. The molecule has 2 heterocycles. The van der Waals surface area contributed by atoms with Crippen LogP contribution in [0.1, 0.15) is 43.9 Å². The molecule has 9 heteroatoms. The Balaban J connectivity index is 1.39. The van der Waals surface area contributed by atoms with Crippen LogP contribution in [0.3, 0.4) is 0 Å². The van der Waals surface area contributed by atoms with E-state index in [1.165, 1.54) is 5.56 Å². The van der Waals surface area contributed by atoms with Crippen LogP contribution >= 0.6 is 0 Å². The molecule has 1 N–H and O–H groups in total. The Morgan fingerprint density at radius 3 is 2.78 bits per heavy atom. The Morgan fingerprint density at radius 2 is 2.06 bits per heavy atom. The van der Waals surface area contributed by atoms with Crippen LogP contribution in [0.4, 0.5) is 17.3 Å². The third kappa shape index (κ3) is 5.83. The number of nitriles is 1. The zero-order chi connectivity index (χ0) is 25.9. The molecule has 0 saturated carbocycles. The average Bonchev–Trinajstić information content (AvgIpc) is 3.47. The Labute approximate surface area is 211 Å². The van der Waals surface area contributed by atoms with Crippen LogP contribution in [0, 0.1) is 11.3 Å². The lowest BCUT2D eigenvalue weighted by molar-refractivity contribution is -0.154. The van der Waals surface area contributed by atoms with Crippen molar-refractivity contribution in [2.24, 2.45) is 0 Å². The summed E-state index contributed by atoms with van der Waals surface area (Å²) in [5, 5.41) is 17.0. The molecule has 1 aliphatic heterocycles. The van der Waals surface area contributed by atoms with Crippen molar-refractivity contribution in [3.63, 3.8) is 0 Å². The van der Waals surface area contributed by atoms with Gasteiger partial charge in [-0.25, -0.2) is 0 Å². The van der Waals surface area contributed by atoms with Gasteiger partial charge >= 0.3 is 5.97 Å². The van der Waals surface area contributed by atoms with Gasteiger partial charge in [-0.15, -0.1) is 0 Å². The maximum absolute atomic E-state index is 11.9. The highest BCUT2D eigenvalue weighted by Crippen LogP contribution is 2.35. The maximum Gasteiger partial charge on any atom is 0.307 e. The number of benzene rings is 2. The molecule has 0 fully saturated rings. The number of rotatable bonds is 8. The molecule has 9 nitrogen and oxygen atoms in total. The molecule has 1 aliphatic rings. The van der Waals surface area contributed by atoms with Crippen molar-refractivity contribution in [3.05, 3.63) is 53.1 Å². The zero-order valence-electron chi connectivity index (χ0n) is 21.5. The van der Waals surface area contributed by atoms with Gasteiger partial charge in [0.1, 0.15) is 11.7 Å². The maximum atomic E-state index is 11.9. The largest absolute Gasteiger partial charge is 0.460 e. The Morgan fingerprint density at radius 1 is 1.25 bits per heavy atom. The van der Waals surface area contributed by atoms with Gasteiger partial charge in [-0.05, 0) is 67.7 Å². The summed E-state index contributed by atoms with van der Waals surface area (Å²) < 4.78 is 10.9. The SMILES string of the molecule is CN(C)c1ccc(-c2nc(N3CCc4cc(CNCCC(=O)OC(C)(C)C)ccc43)no2)cc1C#N. The number of nitrogens with one attached hydrogen (secondary N) is 1. The average molecular weight is 489 g/mol. The first-order chi connectivity index (χ1) is 17.1. The van der Waals surface area contributed by atoms with Gasteiger partial charge < -0.3 is 24.4 Å². The summed E-state index contributed by atoms with van der Waals surface area (Å²) in [5.74, 6) is 0.685. The minimum Gasteiger partial charge on any atom is -0.460 e. The Kier molecular flexibility index (Phi) is 7.27. The fraction of sp³-hybridized carbons (Fsp3) is 0.407. The lowest BCUT2D eigenvalue weighted by Crippen LogP contribution is -2.26. The number of carbonyl (C=O) groups is 1. The molecular weight excluding hydrogens is 456 g/mol. The van der Waals surface area contributed by atoms with Gasteiger partial charge in [-0.3, -0.25) is 4.79 Å². The van der Waals surface area contributed by atoms with Crippen molar-refractivity contribution in [1.82, 2.24) is 15.5 Å². The zero-order valence-corrected chi connectivity index (χ0v) is 21.5. The monoisotopic (exact) mass is 488 g/mol. The number of hydrogen-bond donors (Lipinski definition) is 1. The Bertz CT molecular complexity index is 1290. The molecule has 2 aromatic carbocycles. The van der Waals surface area contributed by atoms with E-state index < -0.39 is 5.60 Å². The molecule has 0 radical (unpaired) electrons. The molecule has 36 heavy (non-hydrogen) atoms. The van der Waals surface area contributed by atoms with E-state index in [2.05, 4.69) is 39.7 Å². The lowest BCUT2D eigenvalue weighted by Gasteiger charge is -2.19. The summed E-state index contributed by atoms with van der Waals surface area (Å²) in [6.07, 6.45) is 1.21. The van der Waals surface area contributed by atoms with Gasteiger partial charge in [0.25, 0.3) is 11.8 Å². The summed E-state index contributed by atoms with van der Waals surface area (Å²) in [5.41, 5.74) is 5.07. The minimum atomic E-state index is -0.460. The predicted molar refractivity (Wildman–Crippen MR) is 138 cm³/mol. The molecule has 0 aliphatic carbocycles. The van der Waals surface area contributed by atoms with Crippen LogP contribution in [-0.4, -0.2) is 48.9 Å². The second kappa shape index (κ2) is 10.4. The van der Waals surface area contributed by atoms with Crippen molar-refractivity contribution in [2.75, 3.05) is 37.0 Å². The number of anilines is 3. The standard InChI is InChI=1S/C27H32N6O3/c1-27(2,3)35-24(34)10-12-29-17-18-6-8-23-19(14-18)11-13-33(23)26-30-25(36-31-26)20-7-9-22(32(4)5)21(15-20)16-28/h6-9,14-15,29H,10-13,17H2,1-5H3. The van der Waals surface area contributed by atoms with Crippen LogP contribution in [0.25, 0.3) is 11.5 Å². The quantitative estimate of drug-likeness (QED) is 0.369. The van der Waals surface area contributed by atoms with Crippen LogP contribution in [0.15, 0.2) is 40.9 Å². The van der Waals surface area contributed by atoms with E-state index in [9.17, 15) is 10.1 Å². The van der Waals surface area contributed by atoms with Crippen molar-refractivity contribution >= 4 is 23.3 Å². The van der Waals surface area contributed by atoms with Crippen molar-refractivity contribution in [2.45, 2.75) is 45.8 Å². The van der Waals surface area contributed by atoms with Gasteiger partial charge in [0.05, 0.1) is 17.7 Å². The molecule has 0 saturated heterocycles. The Hall–Kier alpha value is -3.90. The van der Waals surface area contributed by atoms with Crippen molar-refractivity contribution in [1.29, 1.82) is 5.26 Å². The molecular formula is C27H32N6O3.